The van der Waals surface area contributed by atoms with Crippen molar-refractivity contribution in [2.45, 2.75) is 13.3 Å². The second-order valence-electron chi connectivity index (χ2n) is 13.8. The standard InChI is InChI=1S/C47H31N3O/c1-28-21-22-29-23-24-37-44(30-11-3-2-4-12-30)48-47(49-45(37)38(29)25-28)50-40-27-32-14-6-5-13-31(32)26-39(40)35-18-9-17-34(46(35)50)33-16-10-20-42-43(33)36-15-7-8-19-41(36)51-42/h2-24,26-28H,25H2,1H3. The Kier molecular flexibility index (Phi) is 5.97. The third-order valence-corrected chi connectivity index (χ3v) is 10.7. The first-order valence-electron chi connectivity index (χ1n) is 17.6. The van der Waals surface area contributed by atoms with E-state index in [4.69, 9.17) is 14.4 Å². The van der Waals surface area contributed by atoms with Crippen molar-refractivity contribution in [3.8, 4) is 28.3 Å². The van der Waals surface area contributed by atoms with Crippen LogP contribution in [0.2, 0.25) is 0 Å². The maximum absolute atomic E-state index is 6.39. The molecule has 0 N–H and O–H groups in total. The summed E-state index contributed by atoms with van der Waals surface area (Å²) in [6.45, 7) is 2.28. The second kappa shape index (κ2) is 10.7. The predicted molar refractivity (Wildman–Crippen MR) is 211 cm³/mol. The Hall–Kier alpha value is -6.52. The minimum atomic E-state index is 0.429. The Bertz CT molecular complexity index is 3070. The molecular weight excluding hydrogens is 623 g/mol. The van der Waals surface area contributed by atoms with Gasteiger partial charge in [-0.2, -0.15) is 0 Å². The number of para-hydroxylation sites is 2. The van der Waals surface area contributed by atoms with E-state index in [2.05, 4.69) is 151 Å². The second-order valence-corrected chi connectivity index (χ2v) is 13.8. The first kappa shape index (κ1) is 28.3. The molecule has 0 saturated carbocycles. The van der Waals surface area contributed by atoms with Crippen LogP contribution >= 0.6 is 0 Å². The highest BCUT2D eigenvalue weighted by atomic mass is 16.3. The van der Waals surface area contributed by atoms with Crippen LogP contribution in [0.15, 0.2) is 150 Å². The summed E-state index contributed by atoms with van der Waals surface area (Å²) in [7, 11) is 0. The van der Waals surface area contributed by atoms with Crippen molar-refractivity contribution < 1.29 is 4.42 Å². The summed E-state index contributed by atoms with van der Waals surface area (Å²) in [5.74, 6) is 1.10. The summed E-state index contributed by atoms with van der Waals surface area (Å²) in [6.07, 6.45) is 5.50. The average Bonchev–Trinajstić information content (AvgIpc) is 3.72. The van der Waals surface area contributed by atoms with Crippen molar-refractivity contribution in [3.63, 3.8) is 0 Å². The molecule has 0 amide bonds. The fraction of sp³-hybridized carbons (Fsp3) is 0.0638. The van der Waals surface area contributed by atoms with Crippen LogP contribution in [0.25, 0.3) is 99.8 Å². The summed E-state index contributed by atoms with van der Waals surface area (Å²) >= 11 is 0. The first-order valence-corrected chi connectivity index (χ1v) is 17.6. The molecule has 0 fully saturated rings. The van der Waals surface area contributed by atoms with Crippen LogP contribution in [-0.4, -0.2) is 14.5 Å². The van der Waals surface area contributed by atoms with Gasteiger partial charge in [-0.3, -0.25) is 4.57 Å². The lowest BCUT2D eigenvalue weighted by atomic mass is 9.88. The van der Waals surface area contributed by atoms with Crippen molar-refractivity contribution >= 4 is 71.5 Å². The van der Waals surface area contributed by atoms with Gasteiger partial charge in [-0.15, -0.1) is 0 Å². The number of benzene rings is 7. The normalized spacial score (nSPS) is 14.4. The lowest BCUT2D eigenvalue weighted by Crippen LogP contribution is -2.09. The molecule has 4 heteroatoms. The van der Waals surface area contributed by atoms with Crippen LogP contribution in [0.3, 0.4) is 0 Å². The predicted octanol–water partition coefficient (Wildman–Crippen LogP) is 12.3. The summed E-state index contributed by atoms with van der Waals surface area (Å²) in [4.78, 5) is 11.1. The zero-order valence-corrected chi connectivity index (χ0v) is 28.0. The number of allylic oxidation sites excluding steroid dienone is 1. The van der Waals surface area contributed by atoms with Crippen molar-refractivity contribution in [1.29, 1.82) is 0 Å². The fourth-order valence-corrected chi connectivity index (χ4v) is 8.38. The molecule has 7 aromatic carbocycles. The van der Waals surface area contributed by atoms with E-state index >= 15 is 0 Å². The van der Waals surface area contributed by atoms with Crippen LogP contribution in [0.4, 0.5) is 0 Å². The molecule has 0 bridgehead atoms. The molecule has 4 nitrogen and oxygen atoms in total. The maximum Gasteiger partial charge on any atom is 0.235 e. The molecule has 1 unspecified atom stereocenters. The van der Waals surface area contributed by atoms with Gasteiger partial charge in [0.05, 0.1) is 22.2 Å². The summed E-state index contributed by atoms with van der Waals surface area (Å²) in [5.41, 5.74) is 11.7. The quantitative estimate of drug-likeness (QED) is 0.191. The third-order valence-electron chi connectivity index (χ3n) is 10.7. The number of hydrogen-bond acceptors (Lipinski definition) is 3. The number of hydrogen-bond donors (Lipinski definition) is 0. The highest BCUT2D eigenvalue weighted by molar-refractivity contribution is 6.20. The molecule has 3 heterocycles. The van der Waals surface area contributed by atoms with Gasteiger partial charge >= 0.3 is 0 Å². The average molecular weight is 654 g/mol. The molecule has 1 atom stereocenters. The molecule has 51 heavy (non-hydrogen) atoms. The van der Waals surface area contributed by atoms with E-state index in [-0.39, 0.29) is 0 Å². The number of fused-ring (bicyclic) bond motifs is 10. The molecule has 0 aliphatic heterocycles. The minimum absolute atomic E-state index is 0.429. The molecule has 0 radical (unpaired) electrons. The van der Waals surface area contributed by atoms with Gasteiger partial charge in [0.25, 0.3) is 0 Å². The van der Waals surface area contributed by atoms with E-state index < -0.39 is 0 Å². The Morgan fingerprint density at radius 2 is 1.37 bits per heavy atom. The summed E-state index contributed by atoms with van der Waals surface area (Å²) in [6, 6.07) is 49.6. The van der Waals surface area contributed by atoms with E-state index in [9.17, 15) is 0 Å². The summed E-state index contributed by atoms with van der Waals surface area (Å²) < 4.78 is 8.71. The molecule has 1 aliphatic carbocycles. The Labute approximate surface area is 293 Å². The van der Waals surface area contributed by atoms with Crippen LogP contribution in [0, 0.1) is 5.92 Å². The van der Waals surface area contributed by atoms with Crippen molar-refractivity contribution in [3.05, 3.63) is 157 Å². The Morgan fingerprint density at radius 1 is 0.627 bits per heavy atom. The molecular formula is C47H31N3O. The number of rotatable bonds is 3. The topological polar surface area (TPSA) is 43.9 Å². The van der Waals surface area contributed by atoms with E-state index in [1.165, 1.54) is 27.3 Å². The number of nitrogens with zero attached hydrogens (tertiary/aromatic N) is 3. The van der Waals surface area contributed by atoms with Crippen LogP contribution in [0.1, 0.15) is 18.1 Å². The Balaban J connectivity index is 1.32. The van der Waals surface area contributed by atoms with E-state index in [0.29, 0.717) is 11.9 Å². The molecule has 240 valence electrons. The van der Waals surface area contributed by atoms with Gasteiger partial charge in [-0.25, -0.2) is 9.97 Å². The monoisotopic (exact) mass is 653 g/mol. The van der Waals surface area contributed by atoms with E-state index in [0.717, 1.165) is 78.1 Å². The highest BCUT2D eigenvalue weighted by Gasteiger charge is 2.24. The molecule has 11 rings (SSSR count). The maximum atomic E-state index is 6.39. The van der Waals surface area contributed by atoms with E-state index in [1.807, 2.05) is 12.1 Å². The van der Waals surface area contributed by atoms with Crippen LogP contribution < -0.4 is 0 Å². The van der Waals surface area contributed by atoms with Crippen LogP contribution in [0.5, 0.6) is 0 Å². The highest BCUT2D eigenvalue weighted by Crippen LogP contribution is 2.44. The van der Waals surface area contributed by atoms with E-state index in [1.54, 1.807) is 0 Å². The Morgan fingerprint density at radius 3 is 2.27 bits per heavy atom. The van der Waals surface area contributed by atoms with Gasteiger partial charge in [0.2, 0.25) is 5.95 Å². The largest absolute Gasteiger partial charge is 0.456 e. The number of aromatic nitrogens is 3. The van der Waals surface area contributed by atoms with Gasteiger partial charge < -0.3 is 4.42 Å². The summed E-state index contributed by atoms with van der Waals surface area (Å²) in [5, 5.41) is 8.02. The molecule has 0 spiro atoms. The smallest absolute Gasteiger partial charge is 0.235 e. The minimum Gasteiger partial charge on any atom is -0.456 e. The van der Waals surface area contributed by atoms with Gasteiger partial charge in [-0.05, 0) is 70.1 Å². The SMILES string of the molecule is CC1C=Cc2ccc3c(-c4ccccc4)nc(-n4c5cc6ccccc6cc5c5cccc(-c6cccc7oc8ccccc8c67)c54)nc3c2C1. The van der Waals surface area contributed by atoms with Gasteiger partial charge in [0.1, 0.15) is 11.2 Å². The first-order chi connectivity index (χ1) is 25.2. The van der Waals surface area contributed by atoms with Crippen molar-refractivity contribution in [1.82, 2.24) is 14.5 Å². The van der Waals surface area contributed by atoms with Crippen molar-refractivity contribution in [2.24, 2.45) is 5.92 Å². The molecule has 10 aromatic rings. The fourth-order valence-electron chi connectivity index (χ4n) is 8.38. The zero-order chi connectivity index (χ0) is 33.6. The van der Waals surface area contributed by atoms with Gasteiger partial charge in [0.15, 0.2) is 0 Å². The van der Waals surface area contributed by atoms with Gasteiger partial charge in [0, 0.05) is 38.1 Å². The molecule has 3 aromatic heterocycles. The molecule has 1 aliphatic rings. The lowest BCUT2D eigenvalue weighted by Gasteiger charge is -2.20. The van der Waals surface area contributed by atoms with Gasteiger partial charge in [-0.1, -0.05) is 128 Å². The van der Waals surface area contributed by atoms with Crippen molar-refractivity contribution in [2.75, 3.05) is 0 Å². The molecule has 0 saturated heterocycles. The lowest BCUT2D eigenvalue weighted by molar-refractivity contribution is 0.669. The zero-order valence-electron chi connectivity index (χ0n) is 28.0. The van der Waals surface area contributed by atoms with Crippen LogP contribution in [-0.2, 0) is 6.42 Å². The third kappa shape index (κ3) is 4.20. The number of furan rings is 1.